The second-order valence-electron chi connectivity index (χ2n) is 5.15. The molecule has 1 aromatic rings. The lowest BCUT2D eigenvalue weighted by molar-refractivity contribution is 0.00500. The zero-order valence-corrected chi connectivity index (χ0v) is 11.2. The van der Waals surface area contributed by atoms with E-state index in [9.17, 15) is 8.78 Å². The molecule has 0 saturated heterocycles. The largest absolute Gasteiger partial charge is 0.310 e. The summed E-state index contributed by atoms with van der Waals surface area (Å²) < 4.78 is 26.1. The van der Waals surface area contributed by atoms with Crippen LogP contribution in [0.1, 0.15) is 37.8 Å². The quantitative estimate of drug-likeness (QED) is 0.856. The number of halogens is 3. The summed E-state index contributed by atoms with van der Waals surface area (Å²) in [6, 6.07) is 7.77. The van der Waals surface area contributed by atoms with Gasteiger partial charge in [-0.3, -0.25) is 0 Å². The molecule has 1 fully saturated rings. The molecule has 100 valence electrons. The molecule has 1 aromatic carbocycles. The maximum absolute atomic E-state index is 13.0. The molecule has 2 atom stereocenters. The van der Waals surface area contributed by atoms with E-state index in [0.717, 1.165) is 5.56 Å². The van der Waals surface area contributed by atoms with Gasteiger partial charge in [-0.25, -0.2) is 8.78 Å². The molecule has 4 heteroatoms. The van der Waals surface area contributed by atoms with E-state index in [1.807, 2.05) is 31.2 Å². The van der Waals surface area contributed by atoms with Crippen molar-refractivity contribution in [3.05, 3.63) is 34.9 Å². The normalized spacial score (nSPS) is 24.1. The maximum atomic E-state index is 13.0. The van der Waals surface area contributed by atoms with Crippen LogP contribution in [-0.4, -0.2) is 12.5 Å². The first-order valence-corrected chi connectivity index (χ1v) is 6.71. The van der Waals surface area contributed by atoms with Crippen LogP contribution in [0, 0.1) is 5.92 Å². The lowest BCUT2D eigenvalue weighted by Gasteiger charge is -2.18. The fourth-order valence-electron chi connectivity index (χ4n) is 2.45. The van der Waals surface area contributed by atoms with Gasteiger partial charge in [-0.15, -0.1) is 0 Å². The number of rotatable bonds is 4. The molecule has 0 aromatic heterocycles. The van der Waals surface area contributed by atoms with Crippen LogP contribution in [0.4, 0.5) is 8.78 Å². The molecule has 0 aliphatic heterocycles. The van der Waals surface area contributed by atoms with Crippen molar-refractivity contribution in [3.8, 4) is 0 Å². The number of nitrogens with one attached hydrogen (secondary N) is 1. The summed E-state index contributed by atoms with van der Waals surface area (Å²) in [4.78, 5) is 0. The SMILES string of the molecule is CC(NCC1CCC(F)(F)C1)c1cccc(Cl)c1. The maximum Gasteiger partial charge on any atom is 0.248 e. The van der Waals surface area contributed by atoms with Gasteiger partial charge in [0.05, 0.1) is 0 Å². The van der Waals surface area contributed by atoms with Crippen molar-refractivity contribution in [2.45, 2.75) is 38.2 Å². The van der Waals surface area contributed by atoms with Crippen molar-refractivity contribution in [3.63, 3.8) is 0 Å². The second-order valence-corrected chi connectivity index (χ2v) is 5.59. The van der Waals surface area contributed by atoms with Crippen LogP contribution < -0.4 is 5.32 Å². The molecular weight excluding hydrogens is 256 g/mol. The molecule has 1 N–H and O–H groups in total. The molecule has 1 saturated carbocycles. The summed E-state index contributed by atoms with van der Waals surface area (Å²) in [6.07, 6.45) is 0.662. The summed E-state index contributed by atoms with van der Waals surface area (Å²) in [5.41, 5.74) is 1.09. The van der Waals surface area contributed by atoms with Crippen LogP contribution in [0.15, 0.2) is 24.3 Å². The third-order valence-electron chi connectivity index (χ3n) is 3.57. The molecule has 2 unspecified atom stereocenters. The van der Waals surface area contributed by atoms with Gasteiger partial charge >= 0.3 is 0 Å². The van der Waals surface area contributed by atoms with Gasteiger partial charge in [-0.2, -0.15) is 0 Å². The van der Waals surface area contributed by atoms with Crippen molar-refractivity contribution in [2.24, 2.45) is 5.92 Å². The van der Waals surface area contributed by atoms with Gasteiger partial charge in [0, 0.05) is 23.9 Å². The first kappa shape index (κ1) is 13.8. The highest BCUT2D eigenvalue weighted by Crippen LogP contribution is 2.38. The highest BCUT2D eigenvalue weighted by Gasteiger charge is 2.39. The fraction of sp³-hybridized carbons (Fsp3) is 0.571. The Kier molecular flexibility index (Phi) is 4.23. The van der Waals surface area contributed by atoms with Crippen molar-refractivity contribution in [2.75, 3.05) is 6.54 Å². The Morgan fingerprint density at radius 1 is 1.50 bits per heavy atom. The Hall–Kier alpha value is -0.670. The molecule has 0 amide bonds. The Bertz CT molecular complexity index is 409. The Morgan fingerprint density at radius 3 is 2.89 bits per heavy atom. The average Bonchev–Trinajstić information content (AvgIpc) is 2.66. The van der Waals surface area contributed by atoms with Gasteiger partial charge < -0.3 is 5.32 Å². The lowest BCUT2D eigenvalue weighted by atomic mass is 10.1. The monoisotopic (exact) mass is 273 g/mol. The molecule has 2 rings (SSSR count). The molecule has 1 nitrogen and oxygen atoms in total. The Balaban J connectivity index is 1.84. The van der Waals surface area contributed by atoms with E-state index in [4.69, 9.17) is 11.6 Å². The molecule has 1 aliphatic rings. The van der Waals surface area contributed by atoms with Crippen molar-refractivity contribution < 1.29 is 8.78 Å². The first-order valence-electron chi connectivity index (χ1n) is 6.33. The second kappa shape index (κ2) is 5.54. The van der Waals surface area contributed by atoms with Crippen LogP contribution in [0.3, 0.4) is 0 Å². The summed E-state index contributed by atoms with van der Waals surface area (Å²) in [5, 5.41) is 4.02. The van der Waals surface area contributed by atoms with Gasteiger partial charge in [-0.05, 0) is 43.5 Å². The minimum absolute atomic E-state index is 0.0161. The predicted octanol–water partition coefficient (Wildman–Crippen LogP) is 4.43. The Labute approximate surface area is 112 Å². The van der Waals surface area contributed by atoms with Crippen molar-refractivity contribution in [1.82, 2.24) is 5.32 Å². The third-order valence-corrected chi connectivity index (χ3v) is 3.80. The number of alkyl halides is 2. The van der Waals surface area contributed by atoms with E-state index < -0.39 is 5.92 Å². The van der Waals surface area contributed by atoms with Crippen LogP contribution >= 0.6 is 11.6 Å². The van der Waals surface area contributed by atoms with Crippen LogP contribution in [0.5, 0.6) is 0 Å². The summed E-state index contributed by atoms with van der Waals surface area (Å²) in [7, 11) is 0. The topological polar surface area (TPSA) is 12.0 Å². The molecule has 0 spiro atoms. The van der Waals surface area contributed by atoms with Gasteiger partial charge in [0.15, 0.2) is 0 Å². The van der Waals surface area contributed by atoms with E-state index in [0.29, 0.717) is 18.0 Å². The highest BCUT2D eigenvalue weighted by atomic mass is 35.5. The molecular formula is C14H18ClF2N. The average molecular weight is 274 g/mol. The van der Waals surface area contributed by atoms with Crippen LogP contribution in [0.2, 0.25) is 5.02 Å². The Morgan fingerprint density at radius 2 is 2.28 bits per heavy atom. The van der Waals surface area contributed by atoms with E-state index in [2.05, 4.69) is 5.32 Å². The molecule has 1 aliphatic carbocycles. The smallest absolute Gasteiger partial charge is 0.248 e. The first-order chi connectivity index (χ1) is 8.46. The predicted molar refractivity (Wildman–Crippen MR) is 70.2 cm³/mol. The molecule has 0 radical (unpaired) electrons. The van der Waals surface area contributed by atoms with Gasteiger partial charge in [0.1, 0.15) is 0 Å². The molecule has 0 bridgehead atoms. The third kappa shape index (κ3) is 3.66. The number of hydrogen-bond acceptors (Lipinski definition) is 1. The van der Waals surface area contributed by atoms with E-state index in [-0.39, 0.29) is 24.8 Å². The van der Waals surface area contributed by atoms with Crippen molar-refractivity contribution in [1.29, 1.82) is 0 Å². The van der Waals surface area contributed by atoms with E-state index in [1.54, 1.807) is 0 Å². The molecule has 0 heterocycles. The zero-order chi connectivity index (χ0) is 13.2. The van der Waals surface area contributed by atoms with E-state index >= 15 is 0 Å². The highest BCUT2D eigenvalue weighted by molar-refractivity contribution is 6.30. The standard InChI is InChI=1S/C14H18ClF2N/c1-10(12-3-2-4-13(15)7-12)18-9-11-5-6-14(16,17)8-11/h2-4,7,10-11,18H,5-6,8-9H2,1H3. The van der Waals surface area contributed by atoms with Gasteiger partial charge in [-0.1, -0.05) is 23.7 Å². The minimum atomic E-state index is -2.45. The van der Waals surface area contributed by atoms with Crippen molar-refractivity contribution >= 4 is 11.6 Å². The minimum Gasteiger partial charge on any atom is -0.310 e. The van der Waals surface area contributed by atoms with Crippen LogP contribution in [0.25, 0.3) is 0 Å². The summed E-state index contributed by atoms with van der Waals surface area (Å²) in [6.45, 7) is 2.67. The lowest BCUT2D eigenvalue weighted by Crippen LogP contribution is -2.25. The number of hydrogen-bond donors (Lipinski definition) is 1. The van der Waals surface area contributed by atoms with Gasteiger partial charge in [0.25, 0.3) is 0 Å². The zero-order valence-electron chi connectivity index (χ0n) is 10.4. The summed E-state index contributed by atoms with van der Waals surface area (Å²) >= 11 is 5.93. The number of benzene rings is 1. The fourth-order valence-corrected chi connectivity index (χ4v) is 2.65. The summed E-state index contributed by atoms with van der Waals surface area (Å²) in [5.74, 6) is -2.37. The van der Waals surface area contributed by atoms with Gasteiger partial charge in [0.2, 0.25) is 5.92 Å². The molecule has 18 heavy (non-hydrogen) atoms. The van der Waals surface area contributed by atoms with Crippen LogP contribution in [-0.2, 0) is 0 Å². The van der Waals surface area contributed by atoms with E-state index in [1.165, 1.54) is 0 Å².